The Morgan fingerprint density at radius 3 is 3.06 bits per heavy atom. The number of amides is 1. The molecule has 0 saturated carbocycles. The van der Waals surface area contributed by atoms with E-state index in [9.17, 15) is 4.79 Å². The maximum Gasteiger partial charge on any atom is 0.250 e. The van der Waals surface area contributed by atoms with Crippen molar-refractivity contribution >= 4 is 11.6 Å². The maximum atomic E-state index is 11.3. The van der Waals surface area contributed by atoms with Crippen molar-refractivity contribution < 1.29 is 14.6 Å². The summed E-state index contributed by atoms with van der Waals surface area (Å²) in [5.41, 5.74) is 1.48. The average molecular weight is 233 g/mol. The Balaban J connectivity index is 2.66. The Morgan fingerprint density at radius 1 is 1.53 bits per heavy atom. The lowest BCUT2D eigenvalue weighted by molar-refractivity contribution is -0.119. The zero-order chi connectivity index (χ0) is 12.5. The molecule has 1 aromatic carbocycles. The molecule has 0 aliphatic heterocycles. The minimum Gasteiger partial charge on any atom is -0.395 e. The van der Waals surface area contributed by atoms with Gasteiger partial charge in [-0.2, -0.15) is 0 Å². The third-order valence-corrected chi connectivity index (χ3v) is 1.89. The largest absolute Gasteiger partial charge is 0.395 e. The van der Waals surface area contributed by atoms with Crippen LogP contribution in [0.25, 0.3) is 0 Å². The fraction of sp³-hybridized carbons (Fsp3) is 0.308. The summed E-state index contributed by atoms with van der Waals surface area (Å²) in [5, 5.41) is 11.3. The monoisotopic (exact) mass is 233 g/mol. The lowest BCUT2D eigenvalue weighted by atomic mass is 10.2. The lowest BCUT2D eigenvalue weighted by Crippen LogP contribution is -2.17. The Morgan fingerprint density at radius 2 is 2.35 bits per heavy atom. The molecule has 1 amide bonds. The molecule has 0 aliphatic carbocycles. The third-order valence-electron chi connectivity index (χ3n) is 1.89. The van der Waals surface area contributed by atoms with Gasteiger partial charge in [-0.25, -0.2) is 0 Å². The van der Waals surface area contributed by atoms with Gasteiger partial charge < -0.3 is 15.2 Å². The van der Waals surface area contributed by atoms with Crippen LogP contribution in [0.15, 0.2) is 24.3 Å². The van der Waals surface area contributed by atoms with Crippen LogP contribution in [0.1, 0.15) is 12.0 Å². The van der Waals surface area contributed by atoms with Crippen LogP contribution in [0.2, 0.25) is 0 Å². The number of methoxy groups -OCH3 is 1. The van der Waals surface area contributed by atoms with Crippen LogP contribution in [-0.2, 0) is 9.53 Å². The first-order valence-corrected chi connectivity index (χ1v) is 5.25. The van der Waals surface area contributed by atoms with E-state index in [1.165, 1.54) is 7.11 Å². The number of rotatable bonds is 4. The van der Waals surface area contributed by atoms with E-state index < -0.39 is 0 Å². The third kappa shape index (κ3) is 5.16. The number of nitrogens with one attached hydrogen (secondary N) is 1. The van der Waals surface area contributed by atoms with E-state index in [-0.39, 0.29) is 19.1 Å². The number of benzene rings is 1. The zero-order valence-electron chi connectivity index (χ0n) is 9.69. The molecule has 0 heterocycles. The van der Waals surface area contributed by atoms with Crippen LogP contribution in [0.4, 0.5) is 5.69 Å². The number of aliphatic hydroxyl groups excluding tert-OH is 1. The van der Waals surface area contributed by atoms with Crippen molar-refractivity contribution in [3.63, 3.8) is 0 Å². The van der Waals surface area contributed by atoms with Crippen molar-refractivity contribution in [2.24, 2.45) is 0 Å². The van der Waals surface area contributed by atoms with Gasteiger partial charge in [-0.3, -0.25) is 4.79 Å². The van der Waals surface area contributed by atoms with Gasteiger partial charge in [0.25, 0.3) is 0 Å². The second-order valence-corrected chi connectivity index (χ2v) is 3.34. The molecule has 0 bridgehead atoms. The summed E-state index contributed by atoms with van der Waals surface area (Å²) in [6.45, 7) is 0.0810. The van der Waals surface area contributed by atoms with Crippen LogP contribution in [0.3, 0.4) is 0 Å². The van der Waals surface area contributed by atoms with Gasteiger partial charge in [0, 0.05) is 24.8 Å². The first-order valence-electron chi connectivity index (χ1n) is 5.25. The Hall–Kier alpha value is -1.83. The molecule has 0 spiro atoms. The second kappa shape index (κ2) is 7.44. The summed E-state index contributed by atoms with van der Waals surface area (Å²) in [5.74, 6) is 5.52. The number of anilines is 1. The molecule has 90 valence electrons. The molecule has 0 radical (unpaired) electrons. The number of ether oxygens (including phenoxy) is 1. The molecular formula is C13H15NO3. The van der Waals surface area contributed by atoms with Crippen LogP contribution < -0.4 is 5.32 Å². The number of carbonyl (C=O) groups excluding carboxylic acids is 1. The molecule has 1 aromatic rings. The van der Waals surface area contributed by atoms with Crippen LogP contribution >= 0.6 is 0 Å². The molecule has 4 nitrogen and oxygen atoms in total. The normalized spacial score (nSPS) is 9.29. The molecule has 0 fully saturated rings. The number of aliphatic hydroxyl groups is 1. The first kappa shape index (κ1) is 13.2. The molecule has 0 atom stereocenters. The SMILES string of the molecule is COCC(=O)Nc1cccc(C#CCCO)c1. The quantitative estimate of drug-likeness (QED) is 0.763. The van der Waals surface area contributed by atoms with E-state index in [4.69, 9.17) is 9.84 Å². The minimum absolute atomic E-state index is 0.0282. The lowest BCUT2D eigenvalue weighted by Gasteiger charge is -2.04. The topological polar surface area (TPSA) is 58.6 Å². The van der Waals surface area contributed by atoms with Crippen molar-refractivity contribution in [1.82, 2.24) is 0 Å². The standard InChI is InChI=1S/C13H15NO3/c1-17-10-13(16)14-12-7-4-6-11(9-12)5-2-3-8-15/h4,6-7,9,15H,3,8,10H2,1H3,(H,14,16). The average Bonchev–Trinajstić information content (AvgIpc) is 2.30. The predicted octanol–water partition coefficient (Wildman–Crippen LogP) is 1.01. The molecule has 2 N–H and O–H groups in total. The summed E-state index contributed by atoms with van der Waals surface area (Å²) < 4.78 is 4.72. The highest BCUT2D eigenvalue weighted by Crippen LogP contribution is 2.09. The Labute approximate surface area is 101 Å². The maximum absolute atomic E-state index is 11.3. The number of carbonyl (C=O) groups is 1. The highest BCUT2D eigenvalue weighted by atomic mass is 16.5. The molecule has 0 aromatic heterocycles. The van der Waals surface area contributed by atoms with Crippen LogP contribution in [-0.4, -0.2) is 31.3 Å². The summed E-state index contributed by atoms with van der Waals surface area (Å²) >= 11 is 0. The second-order valence-electron chi connectivity index (χ2n) is 3.34. The van der Waals surface area contributed by atoms with E-state index in [0.717, 1.165) is 5.56 Å². The van der Waals surface area contributed by atoms with Crippen molar-refractivity contribution in [2.45, 2.75) is 6.42 Å². The smallest absolute Gasteiger partial charge is 0.250 e. The van der Waals surface area contributed by atoms with E-state index in [0.29, 0.717) is 12.1 Å². The van der Waals surface area contributed by atoms with E-state index in [2.05, 4.69) is 17.2 Å². The van der Waals surface area contributed by atoms with Gasteiger partial charge in [0.15, 0.2) is 0 Å². The van der Waals surface area contributed by atoms with Crippen molar-refractivity contribution in [2.75, 3.05) is 25.6 Å². The summed E-state index contributed by atoms with van der Waals surface area (Å²) in [4.78, 5) is 11.3. The summed E-state index contributed by atoms with van der Waals surface area (Å²) in [6.07, 6.45) is 0.445. The van der Waals surface area contributed by atoms with Crippen LogP contribution in [0.5, 0.6) is 0 Å². The fourth-order valence-corrected chi connectivity index (χ4v) is 1.22. The molecule has 0 unspecified atom stereocenters. The van der Waals surface area contributed by atoms with Gasteiger partial charge in [-0.1, -0.05) is 17.9 Å². The first-order chi connectivity index (χ1) is 8.26. The minimum atomic E-state index is -0.201. The molecule has 17 heavy (non-hydrogen) atoms. The summed E-state index contributed by atoms with van der Waals surface area (Å²) in [7, 11) is 1.47. The fourth-order valence-electron chi connectivity index (χ4n) is 1.22. The molecule has 1 rings (SSSR count). The Bertz CT molecular complexity index is 432. The van der Waals surface area contributed by atoms with E-state index >= 15 is 0 Å². The molecule has 4 heteroatoms. The highest BCUT2D eigenvalue weighted by molar-refractivity contribution is 5.91. The van der Waals surface area contributed by atoms with Gasteiger partial charge in [0.05, 0.1) is 6.61 Å². The predicted molar refractivity (Wildman–Crippen MR) is 65.5 cm³/mol. The van der Waals surface area contributed by atoms with Gasteiger partial charge >= 0.3 is 0 Å². The van der Waals surface area contributed by atoms with Crippen molar-refractivity contribution in [3.8, 4) is 11.8 Å². The highest BCUT2D eigenvalue weighted by Gasteiger charge is 2.00. The molecular weight excluding hydrogens is 218 g/mol. The van der Waals surface area contributed by atoms with Gasteiger partial charge in [0.1, 0.15) is 6.61 Å². The van der Waals surface area contributed by atoms with E-state index in [1.54, 1.807) is 12.1 Å². The summed E-state index contributed by atoms with van der Waals surface area (Å²) in [6, 6.07) is 7.21. The number of hydrogen-bond acceptors (Lipinski definition) is 3. The van der Waals surface area contributed by atoms with Crippen LogP contribution in [0, 0.1) is 11.8 Å². The Kier molecular flexibility index (Phi) is 5.80. The molecule has 0 saturated heterocycles. The van der Waals surface area contributed by atoms with Gasteiger partial charge in [-0.15, -0.1) is 0 Å². The van der Waals surface area contributed by atoms with Gasteiger partial charge in [0.2, 0.25) is 5.91 Å². The number of hydrogen-bond donors (Lipinski definition) is 2. The molecule has 0 aliphatic rings. The van der Waals surface area contributed by atoms with Crippen molar-refractivity contribution in [1.29, 1.82) is 0 Å². The van der Waals surface area contributed by atoms with Crippen molar-refractivity contribution in [3.05, 3.63) is 29.8 Å². The zero-order valence-corrected chi connectivity index (χ0v) is 9.69. The van der Waals surface area contributed by atoms with E-state index in [1.807, 2.05) is 12.1 Å². The van der Waals surface area contributed by atoms with Gasteiger partial charge in [-0.05, 0) is 18.2 Å².